The van der Waals surface area contributed by atoms with E-state index in [2.05, 4.69) is 9.71 Å². The molecule has 0 fully saturated rings. The van der Waals surface area contributed by atoms with Crippen molar-refractivity contribution in [2.24, 2.45) is 10.3 Å². The largest absolute Gasteiger partial charge is 0.497 e. The van der Waals surface area contributed by atoms with Crippen LogP contribution in [0, 0.1) is 5.92 Å². The first-order valence-corrected chi connectivity index (χ1v) is 6.68. The summed E-state index contributed by atoms with van der Waals surface area (Å²) in [6.07, 6.45) is 0. The van der Waals surface area contributed by atoms with Gasteiger partial charge >= 0.3 is 0 Å². The van der Waals surface area contributed by atoms with Crippen molar-refractivity contribution in [2.75, 3.05) is 12.4 Å². The molecule has 0 aromatic heterocycles. The Bertz CT molecular complexity index is 576. The van der Waals surface area contributed by atoms with Gasteiger partial charge in [0.2, 0.25) is 0 Å². The van der Waals surface area contributed by atoms with E-state index in [9.17, 15) is 8.42 Å². The predicted octanol–water partition coefficient (Wildman–Crippen LogP) is 1.86. The van der Waals surface area contributed by atoms with Gasteiger partial charge in [-0.2, -0.15) is 8.42 Å². The van der Waals surface area contributed by atoms with Crippen molar-refractivity contribution in [3.05, 3.63) is 18.2 Å². The van der Waals surface area contributed by atoms with E-state index in [4.69, 9.17) is 4.74 Å². The summed E-state index contributed by atoms with van der Waals surface area (Å²) in [7, 11) is -2.05. The van der Waals surface area contributed by atoms with Crippen LogP contribution in [0.4, 0.5) is 5.69 Å². The lowest BCUT2D eigenvalue weighted by Gasteiger charge is -2.20. The van der Waals surface area contributed by atoms with Crippen LogP contribution in [0.15, 0.2) is 27.5 Å². The molecule has 6 heteroatoms. The summed E-state index contributed by atoms with van der Waals surface area (Å²) in [4.78, 5) is 0.183. The summed E-state index contributed by atoms with van der Waals surface area (Å²) in [5, 5.41) is 3.02. The van der Waals surface area contributed by atoms with Crippen molar-refractivity contribution in [2.45, 2.75) is 18.7 Å². The van der Waals surface area contributed by atoms with E-state index >= 15 is 0 Å². The molecular weight excluding hydrogens is 240 g/mol. The van der Waals surface area contributed by atoms with Gasteiger partial charge in [0.05, 0.1) is 12.8 Å². The molecule has 0 atom stereocenters. The number of nitrogens with zero attached hydrogens (tertiary/aromatic N) is 1. The monoisotopic (exact) mass is 254 g/mol. The highest BCUT2D eigenvalue weighted by molar-refractivity contribution is 7.90. The average Bonchev–Trinajstić information content (AvgIpc) is 2.27. The molecule has 1 aliphatic rings. The van der Waals surface area contributed by atoms with E-state index in [1.54, 1.807) is 12.1 Å². The lowest BCUT2D eigenvalue weighted by atomic mass is 10.2. The first-order valence-electron chi connectivity index (χ1n) is 5.24. The molecule has 0 aliphatic carbocycles. The Labute approximate surface area is 101 Å². The van der Waals surface area contributed by atoms with Crippen molar-refractivity contribution >= 4 is 21.5 Å². The van der Waals surface area contributed by atoms with Crippen LogP contribution < -0.4 is 10.1 Å². The van der Waals surface area contributed by atoms with Crippen LogP contribution in [-0.2, 0) is 10.0 Å². The zero-order valence-corrected chi connectivity index (χ0v) is 10.7. The zero-order valence-electron chi connectivity index (χ0n) is 9.89. The number of fused-ring (bicyclic) bond motifs is 1. The van der Waals surface area contributed by atoms with Gasteiger partial charge in [-0.1, -0.05) is 13.8 Å². The van der Waals surface area contributed by atoms with Crippen LogP contribution in [0.1, 0.15) is 13.8 Å². The summed E-state index contributed by atoms with van der Waals surface area (Å²) < 4.78 is 32.7. The summed E-state index contributed by atoms with van der Waals surface area (Å²) in [6, 6.07) is 4.76. The van der Waals surface area contributed by atoms with Crippen molar-refractivity contribution in [1.82, 2.24) is 0 Å². The molecule has 0 saturated heterocycles. The van der Waals surface area contributed by atoms with E-state index < -0.39 is 10.0 Å². The fraction of sp³-hybridized carbons (Fsp3) is 0.364. The minimum Gasteiger partial charge on any atom is -0.497 e. The molecule has 5 nitrogen and oxygen atoms in total. The molecule has 1 heterocycles. The Morgan fingerprint density at radius 2 is 2.06 bits per heavy atom. The van der Waals surface area contributed by atoms with Crippen LogP contribution in [0.2, 0.25) is 0 Å². The third-order valence-corrected chi connectivity index (χ3v) is 3.84. The fourth-order valence-corrected chi connectivity index (χ4v) is 2.79. The van der Waals surface area contributed by atoms with Gasteiger partial charge in [0.1, 0.15) is 16.5 Å². The molecule has 0 unspecified atom stereocenters. The van der Waals surface area contributed by atoms with Crippen molar-refractivity contribution in [3.8, 4) is 5.75 Å². The summed E-state index contributed by atoms with van der Waals surface area (Å²) in [5.41, 5.74) is 0.517. The lowest BCUT2D eigenvalue weighted by molar-refractivity contribution is 0.414. The SMILES string of the molecule is COc1ccc2c(c1)NC(C(C)C)=NS2(=O)=O. The standard InChI is InChI=1S/C11H14N2O3S/c1-7(2)11-12-9-6-8(16-3)4-5-10(9)17(14,15)13-11/h4-7H,1-3H3,(H,12,13). The quantitative estimate of drug-likeness (QED) is 0.874. The van der Waals surface area contributed by atoms with Crippen LogP contribution in [-0.4, -0.2) is 21.4 Å². The van der Waals surface area contributed by atoms with Crippen molar-refractivity contribution < 1.29 is 13.2 Å². The maximum absolute atomic E-state index is 11.9. The number of hydrogen-bond donors (Lipinski definition) is 1. The third kappa shape index (κ3) is 2.12. The second kappa shape index (κ2) is 4.03. The highest BCUT2D eigenvalue weighted by atomic mass is 32.2. The highest BCUT2D eigenvalue weighted by Gasteiger charge is 2.26. The van der Waals surface area contributed by atoms with Crippen molar-refractivity contribution in [1.29, 1.82) is 0 Å². The summed E-state index contributed by atoms with van der Waals surface area (Å²) in [5.74, 6) is 1.08. The van der Waals surface area contributed by atoms with E-state index in [0.717, 1.165) is 0 Å². The normalized spacial score (nSPS) is 17.1. The third-order valence-electron chi connectivity index (χ3n) is 2.49. The molecule has 17 heavy (non-hydrogen) atoms. The molecule has 0 spiro atoms. The molecule has 0 saturated carbocycles. The predicted molar refractivity (Wildman–Crippen MR) is 66.1 cm³/mol. The zero-order chi connectivity index (χ0) is 12.6. The number of methoxy groups -OCH3 is 1. The Morgan fingerprint density at radius 3 is 2.65 bits per heavy atom. The Morgan fingerprint density at radius 1 is 1.35 bits per heavy atom. The average molecular weight is 254 g/mol. The highest BCUT2D eigenvalue weighted by Crippen LogP contribution is 2.31. The second-order valence-electron chi connectivity index (χ2n) is 4.09. The molecular formula is C11H14N2O3S. The number of anilines is 1. The smallest absolute Gasteiger partial charge is 0.286 e. The Balaban J connectivity index is 2.57. The number of amidine groups is 1. The number of hydrogen-bond acceptors (Lipinski definition) is 4. The first kappa shape index (κ1) is 11.9. The van der Waals surface area contributed by atoms with E-state index in [1.807, 2.05) is 13.8 Å². The van der Waals surface area contributed by atoms with Gasteiger partial charge in [-0.05, 0) is 12.1 Å². The lowest BCUT2D eigenvalue weighted by Crippen LogP contribution is -2.25. The van der Waals surface area contributed by atoms with Crippen LogP contribution in [0.5, 0.6) is 5.75 Å². The number of benzene rings is 1. The molecule has 0 bridgehead atoms. The fourth-order valence-electron chi connectivity index (χ4n) is 1.55. The topological polar surface area (TPSA) is 67.8 Å². The minimum absolute atomic E-state index is 0.0177. The number of rotatable bonds is 2. The van der Waals surface area contributed by atoms with E-state index in [1.165, 1.54) is 13.2 Å². The van der Waals surface area contributed by atoms with Crippen molar-refractivity contribution in [3.63, 3.8) is 0 Å². The van der Waals surface area contributed by atoms with Crippen LogP contribution in [0.3, 0.4) is 0 Å². The summed E-state index contributed by atoms with van der Waals surface area (Å²) in [6.45, 7) is 3.76. The van der Waals surface area contributed by atoms with Gasteiger partial charge in [0.25, 0.3) is 10.0 Å². The number of sulfonamides is 1. The maximum Gasteiger partial charge on any atom is 0.286 e. The molecule has 0 radical (unpaired) electrons. The molecule has 1 aromatic rings. The van der Waals surface area contributed by atoms with Crippen LogP contribution >= 0.6 is 0 Å². The first-order chi connectivity index (χ1) is 7.94. The van der Waals surface area contributed by atoms with Gasteiger partial charge < -0.3 is 10.1 Å². The molecule has 2 rings (SSSR count). The molecule has 0 amide bonds. The minimum atomic E-state index is -3.59. The summed E-state index contributed by atoms with van der Waals surface area (Å²) >= 11 is 0. The number of ether oxygens (including phenoxy) is 1. The molecule has 1 aliphatic heterocycles. The van der Waals surface area contributed by atoms with Gasteiger partial charge in [0, 0.05) is 12.0 Å². The maximum atomic E-state index is 11.9. The second-order valence-corrected chi connectivity index (χ2v) is 5.67. The molecule has 1 N–H and O–H groups in total. The number of nitrogens with one attached hydrogen (secondary N) is 1. The molecule has 92 valence electrons. The Hall–Kier alpha value is -1.56. The van der Waals surface area contributed by atoms with Gasteiger partial charge in [0.15, 0.2) is 0 Å². The Kier molecular flexibility index (Phi) is 2.82. The van der Waals surface area contributed by atoms with E-state index in [-0.39, 0.29) is 10.8 Å². The van der Waals surface area contributed by atoms with Crippen LogP contribution in [0.25, 0.3) is 0 Å². The molecule has 1 aromatic carbocycles. The van der Waals surface area contributed by atoms with Gasteiger partial charge in [-0.3, -0.25) is 0 Å². The van der Waals surface area contributed by atoms with E-state index in [0.29, 0.717) is 17.3 Å². The van der Waals surface area contributed by atoms with Gasteiger partial charge in [-0.15, -0.1) is 4.40 Å². The van der Waals surface area contributed by atoms with Gasteiger partial charge in [-0.25, -0.2) is 0 Å².